The average Bonchev–Trinajstić information content (AvgIpc) is 3.14. The molecule has 2 fully saturated rings. The molecule has 2 heterocycles. The van der Waals surface area contributed by atoms with Crippen molar-refractivity contribution in [1.82, 2.24) is 15.0 Å². The SMILES string of the molecule is O=C1CCCN1CCc1nc(C2(c3cccc(Cl)c3)CCC2)no1. The minimum atomic E-state index is -0.171. The number of aromatic nitrogens is 2. The van der Waals surface area contributed by atoms with E-state index in [1.54, 1.807) is 0 Å². The summed E-state index contributed by atoms with van der Waals surface area (Å²) in [5.41, 5.74) is 0.985. The van der Waals surface area contributed by atoms with Crippen LogP contribution in [-0.2, 0) is 16.6 Å². The zero-order chi connectivity index (χ0) is 16.6. The van der Waals surface area contributed by atoms with Gasteiger partial charge in [0.1, 0.15) is 0 Å². The Balaban J connectivity index is 1.51. The molecule has 24 heavy (non-hydrogen) atoms. The maximum Gasteiger partial charge on any atom is 0.228 e. The van der Waals surface area contributed by atoms with E-state index >= 15 is 0 Å². The fourth-order valence-corrected chi connectivity index (χ4v) is 3.87. The molecule has 1 saturated heterocycles. The van der Waals surface area contributed by atoms with Gasteiger partial charge in [-0.15, -0.1) is 0 Å². The fraction of sp³-hybridized carbons (Fsp3) is 0.500. The van der Waals surface area contributed by atoms with E-state index in [0.29, 0.717) is 25.3 Å². The van der Waals surface area contributed by atoms with E-state index in [9.17, 15) is 4.79 Å². The predicted octanol–water partition coefficient (Wildman–Crippen LogP) is 3.36. The highest BCUT2D eigenvalue weighted by Crippen LogP contribution is 2.48. The van der Waals surface area contributed by atoms with Crippen LogP contribution in [0.3, 0.4) is 0 Å². The number of halogens is 1. The minimum Gasteiger partial charge on any atom is -0.342 e. The Kier molecular flexibility index (Phi) is 4.04. The molecule has 4 rings (SSSR count). The monoisotopic (exact) mass is 345 g/mol. The molecule has 2 aliphatic rings. The van der Waals surface area contributed by atoms with Gasteiger partial charge in [-0.25, -0.2) is 0 Å². The lowest BCUT2D eigenvalue weighted by Gasteiger charge is -2.39. The molecular formula is C18H20ClN3O2. The molecule has 0 unspecified atom stereocenters. The van der Waals surface area contributed by atoms with Crippen molar-refractivity contribution in [2.75, 3.05) is 13.1 Å². The zero-order valence-corrected chi connectivity index (χ0v) is 14.3. The highest BCUT2D eigenvalue weighted by Gasteiger charge is 2.44. The van der Waals surface area contributed by atoms with Gasteiger partial charge < -0.3 is 9.42 Å². The lowest BCUT2D eigenvalue weighted by atomic mass is 9.64. The largest absolute Gasteiger partial charge is 0.342 e. The van der Waals surface area contributed by atoms with Crippen molar-refractivity contribution < 1.29 is 9.32 Å². The lowest BCUT2D eigenvalue weighted by Crippen LogP contribution is -2.36. The number of hydrogen-bond acceptors (Lipinski definition) is 4. The van der Waals surface area contributed by atoms with Crippen molar-refractivity contribution in [3.05, 3.63) is 46.6 Å². The van der Waals surface area contributed by atoms with Crippen molar-refractivity contribution in [1.29, 1.82) is 0 Å². The predicted molar refractivity (Wildman–Crippen MR) is 89.9 cm³/mol. The van der Waals surface area contributed by atoms with Crippen LogP contribution >= 0.6 is 11.6 Å². The first-order valence-electron chi connectivity index (χ1n) is 8.54. The molecule has 1 saturated carbocycles. The van der Waals surface area contributed by atoms with Gasteiger partial charge in [-0.2, -0.15) is 4.98 Å². The average molecular weight is 346 g/mol. The summed E-state index contributed by atoms with van der Waals surface area (Å²) < 4.78 is 5.46. The van der Waals surface area contributed by atoms with Crippen molar-refractivity contribution in [3.63, 3.8) is 0 Å². The highest BCUT2D eigenvalue weighted by molar-refractivity contribution is 6.30. The van der Waals surface area contributed by atoms with Crippen LogP contribution in [-0.4, -0.2) is 34.0 Å². The van der Waals surface area contributed by atoms with E-state index in [1.807, 2.05) is 23.1 Å². The van der Waals surface area contributed by atoms with Crippen molar-refractivity contribution in [2.24, 2.45) is 0 Å². The number of likely N-dealkylation sites (tertiary alicyclic amines) is 1. The standard InChI is InChI=1S/C18H20ClN3O2/c19-14-5-1-4-13(12-14)18(8-3-9-18)17-20-15(24-21-17)7-11-22-10-2-6-16(22)23/h1,4-5,12H,2-3,6-11H2. The van der Waals surface area contributed by atoms with Gasteiger partial charge >= 0.3 is 0 Å². The minimum absolute atomic E-state index is 0.171. The van der Waals surface area contributed by atoms with E-state index in [2.05, 4.69) is 16.2 Å². The zero-order valence-electron chi connectivity index (χ0n) is 13.5. The maximum absolute atomic E-state index is 11.7. The van der Waals surface area contributed by atoms with Gasteiger partial charge in [-0.3, -0.25) is 4.79 Å². The van der Waals surface area contributed by atoms with Gasteiger partial charge in [-0.1, -0.05) is 35.3 Å². The third-order valence-corrected chi connectivity index (χ3v) is 5.48. The number of carbonyl (C=O) groups is 1. The van der Waals surface area contributed by atoms with Crippen molar-refractivity contribution in [2.45, 2.75) is 43.9 Å². The highest BCUT2D eigenvalue weighted by atomic mass is 35.5. The third-order valence-electron chi connectivity index (χ3n) is 5.25. The summed E-state index contributed by atoms with van der Waals surface area (Å²) in [6.45, 7) is 1.50. The Morgan fingerprint density at radius 1 is 1.29 bits per heavy atom. The molecule has 0 radical (unpaired) electrons. The molecule has 1 amide bonds. The van der Waals surface area contributed by atoms with E-state index < -0.39 is 0 Å². The smallest absolute Gasteiger partial charge is 0.228 e. The summed E-state index contributed by atoms with van der Waals surface area (Å²) in [6.07, 6.45) is 5.40. The Bertz CT molecular complexity index is 754. The van der Waals surface area contributed by atoms with Crippen LogP contribution in [0.5, 0.6) is 0 Å². The van der Waals surface area contributed by atoms with Gasteiger partial charge in [0.25, 0.3) is 0 Å². The molecule has 1 aliphatic heterocycles. The number of rotatable bonds is 5. The van der Waals surface area contributed by atoms with Gasteiger partial charge in [0, 0.05) is 31.0 Å². The second-order valence-electron chi connectivity index (χ2n) is 6.69. The third kappa shape index (κ3) is 2.71. The van der Waals surface area contributed by atoms with Crippen LogP contribution in [0.25, 0.3) is 0 Å². The molecule has 2 aromatic rings. The molecule has 126 valence electrons. The number of nitrogens with zero attached hydrogens (tertiary/aromatic N) is 3. The van der Waals surface area contributed by atoms with Crippen LogP contribution < -0.4 is 0 Å². The van der Waals surface area contributed by atoms with Crippen LogP contribution in [0, 0.1) is 0 Å². The Morgan fingerprint density at radius 2 is 2.17 bits per heavy atom. The van der Waals surface area contributed by atoms with Crippen molar-refractivity contribution in [3.8, 4) is 0 Å². The Labute approximate surface area is 146 Å². The van der Waals surface area contributed by atoms with Crippen LogP contribution in [0.4, 0.5) is 0 Å². The summed E-state index contributed by atoms with van der Waals surface area (Å²) >= 11 is 6.16. The summed E-state index contributed by atoms with van der Waals surface area (Å²) in [4.78, 5) is 18.2. The first-order valence-corrected chi connectivity index (χ1v) is 8.92. The first kappa shape index (κ1) is 15.6. The first-order chi connectivity index (χ1) is 11.7. The lowest BCUT2D eigenvalue weighted by molar-refractivity contribution is -0.127. The second kappa shape index (κ2) is 6.20. The van der Waals surface area contributed by atoms with Gasteiger partial charge in [0.2, 0.25) is 11.8 Å². The summed E-state index contributed by atoms with van der Waals surface area (Å²) in [6, 6.07) is 7.94. The fourth-order valence-electron chi connectivity index (χ4n) is 3.68. The van der Waals surface area contributed by atoms with E-state index in [1.165, 1.54) is 0 Å². The molecule has 0 spiro atoms. The Hall–Kier alpha value is -1.88. The number of amides is 1. The summed E-state index contributed by atoms with van der Waals surface area (Å²) in [5.74, 6) is 1.58. The second-order valence-corrected chi connectivity index (χ2v) is 7.13. The molecular weight excluding hydrogens is 326 g/mol. The molecule has 1 aromatic heterocycles. The van der Waals surface area contributed by atoms with Gasteiger partial charge in [0.15, 0.2) is 5.82 Å². The van der Waals surface area contributed by atoms with Crippen LogP contribution in [0.1, 0.15) is 49.4 Å². The van der Waals surface area contributed by atoms with Gasteiger partial charge in [0.05, 0.1) is 5.41 Å². The van der Waals surface area contributed by atoms with Crippen LogP contribution in [0.15, 0.2) is 28.8 Å². The Morgan fingerprint density at radius 3 is 2.83 bits per heavy atom. The van der Waals surface area contributed by atoms with Crippen LogP contribution in [0.2, 0.25) is 5.02 Å². The molecule has 5 nitrogen and oxygen atoms in total. The number of hydrogen-bond donors (Lipinski definition) is 0. The molecule has 0 N–H and O–H groups in total. The molecule has 6 heteroatoms. The van der Waals surface area contributed by atoms with E-state index in [-0.39, 0.29) is 11.3 Å². The molecule has 1 aliphatic carbocycles. The molecule has 0 atom stereocenters. The summed E-state index contributed by atoms with van der Waals surface area (Å²) in [7, 11) is 0. The molecule has 0 bridgehead atoms. The topological polar surface area (TPSA) is 59.2 Å². The summed E-state index contributed by atoms with van der Waals surface area (Å²) in [5, 5.41) is 4.98. The van der Waals surface area contributed by atoms with E-state index in [4.69, 9.17) is 16.1 Å². The quantitative estimate of drug-likeness (QED) is 0.833. The number of carbonyl (C=O) groups excluding carboxylic acids is 1. The van der Waals surface area contributed by atoms with Gasteiger partial charge in [-0.05, 0) is 37.0 Å². The normalized spacial score (nSPS) is 19.5. The molecule has 1 aromatic carbocycles. The maximum atomic E-state index is 11.7. The number of benzene rings is 1. The van der Waals surface area contributed by atoms with E-state index in [0.717, 1.165) is 48.6 Å². The van der Waals surface area contributed by atoms with Crippen molar-refractivity contribution >= 4 is 17.5 Å².